The zero-order chi connectivity index (χ0) is 23.5. The fourth-order valence-electron chi connectivity index (χ4n) is 4.20. The summed E-state index contributed by atoms with van der Waals surface area (Å²) < 4.78 is 0. The number of nitrogens with one attached hydrogen (secondary N) is 1. The van der Waals surface area contributed by atoms with E-state index in [2.05, 4.69) is 44.4 Å². The van der Waals surface area contributed by atoms with E-state index in [1.54, 1.807) is 18.3 Å². The van der Waals surface area contributed by atoms with Crippen molar-refractivity contribution in [2.75, 3.05) is 42.9 Å². The summed E-state index contributed by atoms with van der Waals surface area (Å²) >= 11 is 0. The van der Waals surface area contributed by atoms with Crippen molar-refractivity contribution in [1.82, 2.24) is 19.9 Å². The number of nitrogens with two attached hydrogens (primary N) is 1. The number of carbonyl (C=O) groups excluding carboxylic acids is 1. The van der Waals surface area contributed by atoms with E-state index < -0.39 is 0 Å². The Bertz CT molecular complexity index is 1230. The topological polar surface area (TPSA) is 124 Å². The van der Waals surface area contributed by atoms with Gasteiger partial charge in [-0.05, 0) is 60.7 Å². The Morgan fingerprint density at radius 1 is 1.09 bits per heavy atom. The number of rotatable bonds is 7. The standard InChI is InChI=1S/C25H26N8O.ClH/c26-14-17-5-6-28-23(11-17)31-24-13-20(18-1-2-18)12-21(30-24)19-3-4-25(29-15-19)33-9-7-32(8-10-33)16-22(27)34;/h3-6,11-13,15,18H,1-2,7-10,16H2,(H2,27,34)(H,28,30,31);1H. The van der Waals surface area contributed by atoms with Gasteiger partial charge in [-0.3, -0.25) is 9.69 Å². The number of primary amides is 1. The molecule has 0 atom stereocenters. The molecule has 5 rings (SSSR count). The van der Waals surface area contributed by atoms with Gasteiger partial charge in [0.25, 0.3) is 0 Å². The van der Waals surface area contributed by atoms with E-state index in [-0.39, 0.29) is 18.3 Å². The van der Waals surface area contributed by atoms with Gasteiger partial charge in [0.2, 0.25) is 5.91 Å². The maximum Gasteiger partial charge on any atom is 0.231 e. The van der Waals surface area contributed by atoms with Crippen LogP contribution in [0.3, 0.4) is 0 Å². The summed E-state index contributed by atoms with van der Waals surface area (Å²) in [5.74, 6) is 2.48. The molecule has 0 aromatic carbocycles. The predicted molar refractivity (Wildman–Crippen MR) is 137 cm³/mol. The minimum absolute atomic E-state index is 0. The number of piperazine rings is 1. The van der Waals surface area contributed by atoms with Crippen molar-refractivity contribution in [3.05, 3.63) is 59.9 Å². The third kappa shape index (κ3) is 6.04. The molecule has 1 aliphatic heterocycles. The largest absolute Gasteiger partial charge is 0.369 e. The summed E-state index contributed by atoms with van der Waals surface area (Å²) in [4.78, 5) is 29.2. The van der Waals surface area contributed by atoms with Crippen molar-refractivity contribution in [1.29, 1.82) is 5.26 Å². The summed E-state index contributed by atoms with van der Waals surface area (Å²) in [7, 11) is 0. The van der Waals surface area contributed by atoms with Crippen LogP contribution in [-0.2, 0) is 4.79 Å². The third-order valence-electron chi connectivity index (χ3n) is 6.16. The number of carbonyl (C=O) groups is 1. The van der Waals surface area contributed by atoms with Gasteiger partial charge in [-0.1, -0.05) is 0 Å². The quantitative estimate of drug-likeness (QED) is 0.517. The number of pyridine rings is 3. The summed E-state index contributed by atoms with van der Waals surface area (Å²) in [5, 5.41) is 12.4. The average Bonchev–Trinajstić information content (AvgIpc) is 3.70. The minimum Gasteiger partial charge on any atom is -0.369 e. The highest BCUT2D eigenvalue weighted by atomic mass is 35.5. The van der Waals surface area contributed by atoms with Crippen LogP contribution in [0, 0.1) is 11.3 Å². The van der Waals surface area contributed by atoms with E-state index in [1.807, 2.05) is 12.3 Å². The number of amides is 1. The maximum absolute atomic E-state index is 11.1. The number of hydrogen-bond acceptors (Lipinski definition) is 8. The molecule has 3 aromatic heterocycles. The van der Waals surface area contributed by atoms with Crippen LogP contribution in [0.15, 0.2) is 48.8 Å². The first-order chi connectivity index (χ1) is 16.6. The number of aromatic nitrogens is 3. The third-order valence-corrected chi connectivity index (χ3v) is 6.16. The van der Waals surface area contributed by atoms with Crippen LogP contribution in [0.5, 0.6) is 0 Å². The van der Waals surface area contributed by atoms with Crippen molar-refractivity contribution in [3.8, 4) is 17.3 Å². The second kappa shape index (κ2) is 10.7. The van der Waals surface area contributed by atoms with Crippen LogP contribution >= 0.6 is 12.4 Å². The van der Waals surface area contributed by atoms with Crippen molar-refractivity contribution >= 4 is 35.8 Å². The molecule has 0 radical (unpaired) electrons. The molecular formula is C25H27ClN8O. The van der Waals surface area contributed by atoms with Crippen LogP contribution in [0.25, 0.3) is 11.3 Å². The Hall–Kier alpha value is -3.74. The van der Waals surface area contributed by atoms with Crippen molar-refractivity contribution < 1.29 is 4.79 Å². The minimum atomic E-state index is -0.292. The van der Waals surface area contributed by atoms with Gasteiger partial charge in [0.05, 0.1) is 23.9 Å². The van der Waals surface area contributed by atoms with E-state index in [0.29, 0.717) is 29.7 Å². The number of hydrogen-bond donors (Lipinski definition) is 2. The van der Waals surface area contributed by atoms with Gasteiger partial charge in [-0.25, -0.2) is 15.0 Å². The lowest BCUT2D eigenvalue weighted by molar-refractivity contribution is -0.119. The molecule has 180 valence electrons. The van der Waals surface area contributed by atoms with Gasteiger partial charge >= 0.3 is 0 Å². The molecule has 1 amide bonds. The van der Waals surface area contributed by atoms with Gasteiger partial charge in [0.15, 0.2) is 0 Å². The van der Waals surface area contributed by atoms with Gasteiger partial charge in [-0.2, -0.15) is 5.26 Å². The SMILES string of the molecule is Cl.N#Cc1ccnc(Nc2cc(C3CC3)cc(-c3ccc(N4CCN(CC(N)=O)CC4)nc3)n2)c1. The molecule has 4 heterocycles. The molecule has 1 saturated carbocycles. The highest BCUT2D eigenvalue weighted by molar-refractivity contribution is 5.85. The zero-order valence-corrected chi connectivity index (χ0v) is 20.0. The van der Waals surface area contributed by atoms with Crippen LogP contribution in [-0.4, -0.2) is 58.5 Å². The molecule has 35 heavy (non-hydrogen) atoms. The predicted octanol–water partition coefficient (Wildman–Crippen LogP) is 3.06. The van der Waals surface area contributed by atoms with E-state index in [9.17, 15) is 4.79 Å². The normalized spacial score (nSPS) is 15.7. The molecule has 0 spiro atoms. The molecule has 1 aliphatic carbocycles. The Morgan fingerprint density at radius 3 is 2.54 bits per heavy atom. The summed E-state index contributed by atoms with van der Waals surface area (Å²) in [6, 6.07) is 13.8. The van der Waals surface area contributed by atoms with Gasteiger partial charge in [0, 0.05) is 44.1 Å². The van der Waals surface area contributed by atoms with E-state index in [0.717, 1.165) is 43.3 Å². The van der Waals surface area contributed by atoms with Crippen molar-refractivity contribution in [2.24, 2.45) is 5.73 Å². The van der Waals surface area contributed by atoms with E-state index >= 15 is 0 Å². The lowest BCUT2D eigenvalue weighted by Crippen LogP contribution is -2.49. The summed E-state index contributed by atoms with van der Waals surface area (Å²) in [6.07, 6.45) is 5.85. The lowest BCUT2D eigenvalue weighted by Gasteiger charge is -2.34. The molecule has 2 aliphatic rings. The second-order valence-electron chi connectivity index (χ2n) is 8.75. The van der Waals surface area contributed by atoms with Gasteiger partial charge in [-0.15, -0.1) is 12.4 Å². The highest BCUT2D eigenvalue weighted by Gasteiger charge is 2.25. The Kier molecular flexibility index (Phi) is 7.44. The Balaban J connectivity index is 0.00000289. The van der Waals surface area contributed by atoms with Crippen LogP contribution in [0.4, 0.5) is 17.5 Å². The monoisotopic (exact) mass is 490 g/mol. The number of halogens is 1. The van der Waals surface area contributed by atoms with Crippen LogP contribution < -0.4 is 16.0 Å². The fraction of sp³-hybridized carbons (Fsp3) is 0.320. The van der Waals surface area contributed by atoms with E-state index in [4.69, 9.17) is 21.0 Å². The van der Waals surface area contributed by atoms with Crippen molar-refractivity contribution in [3.63, 3.8) is 0 Å². The molecule has 1 saturated heterocycles. The molecule has 3 N–H and O–H groups in total. The van der Waals surface area contributed by atoms with Crippen molar-refractivity contribution in [2.45, 2.75) is 18.8 Å². The number of anilines is 3. The maximum atomic E-state index is 11.1. The van der Waals surface area contributed by atoms with Gasteiger partial charge in [0.1, 0.15) is 17.5 Å². The molecule has 2 fully saturated rings. The number of nitriles is 1. The first-order valence-corrected chi connectivity index (χ1v) is 11.4. The molecule has 10 heteroatoms. The summed E-state index contributed by atoms with van der Waals surface area (Å²) in [5.41, 5.74) is 8.90. The second-order valence-corrected chi connectivity index (χ2v) is 8.75. The molecule has 0 unspecified atom stereocenters. The molecule has 9 nitrogen and oxygen atoms in total. The molecular weight excluding hydrogens is 464 g/mol. The first kappa shape index (κ1) is 24.4. The van der Waals surface area contributed by atoms with Gasteiger partial charge < -0.3 is 16.0 Å². The Labute approximate surface area is 210 Å². The lowest BCUT2D eigenvalue weighted by atomic mass is 10.1. The zero-order valence-electron chi connectivity index (χ0n) is 19.2. The Morgan fingerprint density at radius 2 is 1.89 bits per heavy atom. The van der Waals surface area contributed by atoms with Crippen LogP contribution in [0.1, 0.15) is 29.9 Å². The fourth-order valence-corrected chi connectivity index (χ4v) is 4.20. The molecule has 3 aromatic rings. The summed E-state index contributed by atoms with van der Waals surface area (Å²) in [6.45, 7) is 3.48. The van der Waals surface area contributed by atoms with Crippen LogP contribution in [0.2, 0.25) is 0 Å². The smallest absolute Gasteiger partial charge is 0.231 e. The van der Waals surface area contributed by atoms with E-state index in [1.165, 1.54) is 18.4 Å². The highest BCUT2D eigenvalue weighted by Crippen LogP contribution is 2.42. The first-order valence-electron chi connectivity index (χ1n) is 11.4. The molecule has 0 bridgehead atoms. The average molecular weight is 491 g/mol. The number of nitrogens with zero attached hydrogens (tertiary/aromatic N) is 6.